The van der Waals surface area contributed by atoms with Crippen LogP contribution in [0.3, 0.4) is 0 Å². The van der Waals surface area contributed by atoms with E-state index in [2.05, 4.69) is 0 Å². The zero-order chi connectivity index (χ0) is 18.7. The van der Waals surface area contributed by atoms with Crippen LogP contribution >= 0.6 is 0 Å². The quantitative estimate of drug-likeness (QED) is 0.723. The molecular formula is C19H20FN3O3. The monoisotopic (exact) mass is 357 g/mol. The summed E-state index contributed by atoms with van der Waals surface area (Å²) >= 11 is 0. The van der Waals surface area contributed by atoms with Crippen molar-refractivity contribution in [3.05, 3.63) is 56.6 Å². The first-order valence-electron chi connectivity index (χ1n) is 8.57. The topological polar surface area (TPSA) is 69.2 Å². The molecule has 3 heterocycles. The van der Waals surface area contributed by atoms with Gasteiger partial charge in [0.25, 0.3) is 5.56 Å². The van der Waals surface area contributed by atoms with Crippen molar-refractivity contribution in [2.45, 2.75) is 26.0 Å². The van der Waals surface area contributed by atoms with E-state index < -0.39 is 23.2 Å². The SMILES string of the molecule is CC1CC(O)c2c3c(c(-c4cccc(F)c4)n2C1)c(=O)n(C)c(=O)n3C. The molecule has 2 aromatic heterocycles. The second kappa shape index (κ2) is 5.67. The van der Waals surface area contributed by atoms with Crippen molar-refractivity contribution in [2.24, 2.45) is 20.0 Å². The normalized spacial score (nSPS) is 19.7. The van der Waals surface area contributed by atoms with Crippen molar-refractivity contribution in [3.8, 4) is 11.3 Å². The Hall–Kier alpha value is -2.67. The minimum Gasteiger partial charge on any atom is -0.387 e. The van der Waals surface area contributed by atoms with Crippen molar-refractivity contribution in [2.75, 3.05) is 0 Å². The molecule has 0 amide bonds. The minimum absolute atomic E-state index is 0.188. The van der Waals surface area contributed by atoms with Crippen LogP contribution in [0, 0.1) is 11.7 Å². The summed E-state index contributed by atoms with van der Waals surface area (Å²) in [6, 6.07) is 6.04. The lowest BCUT2D eigenvalue weighted by Crippen LogP contribution is -2.37. The molecule has 26 heavy (non-hydrogen) atoms. The van der Waals surface area contributed by atoms with Crippen LogP contribution in [-0.2, 0) is 20.6 Å². The Labute approximate surface area is 148 Å². The molecule has 0 radical (unpaired) electrons. The fourth-order valence-corrected chi connectivity index (χ4v) is 4.08. The van der Waals surface area contributed by atoms with Crippen LogP contribution in [0.1, 0.15) is 25.1 Å². The highest BCUT2D eigenvalue weighted by atomic mass is 19.1. The van der Waals surface area contributed by atoms with Crippen molar-refractivity contribution < 1.29 is 9.50 Å². The second-order valence-electron chi connectivity index (χ2n) is 7.14. The standard InChI is InChI=1S/C19H20FN3O3/c1-10-7-13(24)16-17-14(18(25)22(3)19(26)21(17)2)15(23(16)9-10)11-5-4-6-12(20)8-11/h4-6,8,10,13,24H,7,9H2,1-3H3. The van der Waals surface area contributed by atoms with Gasteiger partial charge in [0.2, 0.25) is 0 Å². The van der Waals surface area contributed by atoms with E-state index in [0.29, 0.717) is 40.8 Å². The Balaban J connectivity index is 2.26. The molecule has 2 unspecified atom stereocenters. The van der Waals surface area contributed by atoms with E-state index in [4.69, 9.17) is 0 Å². The molecule has 1 aliphatic rings. The summed E-state index contributed by atoms with van der Waals surface area (Å²) in [5, 5.41) is 11.0. The molecule has 4 rings (SSSR count). The Kier molecular flexibility index (Phi) is 3.66. The lowest BCUT2D eigenvalue weighted by Gasteiger charge is -2.28. The maximum atomic E-state index is 13.9. The molecule has 0 saturated heterocycles. The van der Waals surface area contributed by atoms with Crippen LogP contribution in [0.2, 0.25) is 0 Å². The third kappa shape index (κ3) is 2.20. The van der Waals surface area contributed by atoms with Gasteiger partial charge in [-0.3, -0.25) is 13.9 Å². The van der Waals surface area contributed by atoms with E-state index >= 15 is 0 Å². The van der Waals surface area contributed by atoms with Gasteiger partial charge in [-0.05, 0) is 24.5 Å². The number of aliphatic hydroxyl groups is 1. The molecule has 3 aromatic rings. The Morgan fingerprint density at radius 1 is 1.19 bits per heavy atom. The third-order valence-corrected chi connectivity index (χ3v) is 5.24. The smallest absolute Gasteiger partial charge is 0.331 e. The largest absolute Gasteiger partial charge is 0.387 e. The molecule has 0 bridgehead atoms. The zero-order valence-electron chi connectivity index (χ0n) is 14.9. The molecule has 1 aromatic carbocycles. The first-order valence-corrected chi connectivity index (χ1v) is 8.57. The number of hydrogen-bond acceptors (Lipinski definition) is 3. The number of hydrogen-bond donors (Lipinski definition) is 1. The second-order valence-corrected chi connectivity index (χ2v) is 7.14. The number of fused-ring (bicyclic) bond motifs is 3. The summed E-state index contributed by atoms with van der Waals surface area (Å²) in [5.41, 5.74) is 1.19. The maximum Gasteiger partial charge on any atom is 0.331 e. The highest BCUT2D eigenvalue weighted by molar-refractivity contribution is 5.96. The summed E-state index contributed by atoms with van der Waals surface area (Å²) in [4.78, 5) is 25.4. The lowest BCUT2D eigenvalue weighted by atomic mass is 9.97. The van der Waals surface area contributed by atoms with Gasteiger partial charge >= 0.3 is 5.69 Å². The van der Waals surface area contributed by atoms with Gasteiger partial charge in [0.1, 0.15) is 5.82 Å². The molecule has 1 N–H and O–H groups in total. The summed E-state index contributed by atoms with van der Waals surface area (Å²) < 4.78 is 18.2. The van der Waals surface area contributed by atoms with Crippen LogP contribution < -0.4 is 11.2 Å². The molecule has 6 nitrogen and oxygen atoms in total. The fourth-order valence-electron chi connectivity index (χ4n) is 4.08. The highest BCUT2D eigenvalue weighted by Crippen LogP contribution is 2.40. The van der Waals surface area contributed by atoms with Gasteiger partial charge < -0.3 is 9.67 Å². The van der Waals surface area contributed by atoms with Crippen LogP contribution in [-0.4, -0.2) is 18.8 Å². The molecule has 1 aliphatic heterocycles. The molecule has 2 atom stereocenters. The average Bonchev–Trinajstić information content (AvgIpc) is 2.93. The number of rotatable bonds is 1. The summed E-state index contributed by atoms with van der Waals surface area (Å²) in [5.74, 6) is -0.218. The number of aryl methyl sites for hydroxylation is 1. The van der Waals surface area contributed by atoms with Gasteiger partial charge in [-0.15, -0.1) is 0 Å². The van der Waals surface area contributed by atoms with Crippen LogP contribution in [0.5, 0.6) is 0 Å². The summed E-state index contributed by atoms with van der Waals surface area (Å²) in [6.45, 7) is 2.60. The van der Waals surface area contributed by atoms with Crippen LogP contribution in [0.25, 0.3) is 22.2 Å². The van der Waals surface area contributed by atoms with Gasteiger partial charge in [-0.1, -0.05) is 19.1 Å². The van der Waals surface area contributed by atoms with Gasteiger partial charge in [0.15, 0.2) is 0 Å². The number of halogens is 1. The van der Waals surface area contributed by atoms with Crippen LogP contribution in [0.4, 0.5) is 4.39 Å². The van der Waals surface area contributed by atoms with Crippen molar-refractivity contribution >= 4 is 10.9 Å². The number of nitrogens with zero attached hydrogens (tertiary/aromatic N) is 3. The third-order valence-electron chi connectivity index (χ3n) is 5.24. The van der Waals surface area contributed by atoms with Gasteiger partial charge in [0.05, 0.1) is 28.4 Å². The van der Waals surface area contributed by atoms with E-state index in [-0.39, 0.29) is 5.92 Å². The molecule has 136 valence electrons. The summed E-state index contributed by atoms with van der Waals surface area (Å²) in [7, 11) is 3.01. The molecular weight excluding hydrogens is 337 g/mol. The van der Waals surface area contributed by atoms with Crippen molar-refractivity contribution in [1.29, 1.82) is 0 Å². The van der Waals surface area contributed by atoms with E-state index in [0.717, 1.165) is 4.57 Å². The minimum atomic E-state index is -0.790. The Morgan fingerprint density at radius 3 is 2.62 bits per heavy atom. The van der Waals surface area contributed by atoms with Gasteiger partial charge in [-0.2, -0.15) is 0 Å². The van der Waals surface area contributed by atoms with Gasteiger partial charge in [-0.25, -0.2) is 9.18 Å². The Bertz CT molecular complexity index is 1160. The van der Waals surface area contributed by atoms with Crippen LogP contribution in [0.15, 0.2) is 33.9 Å². The molecule has 0 aliphatic carbocycles. The number of aliphatic hydroxyl groups excluding tert-OH is 1. The number of aromatic nitrogens is 3. The van der Waals surface area contributed by atoms with Crippen molar-refractivity contribution in [3.63, 3.8) is 0 Å². The first kappa shape index (κ1) is 16.8. The lowest BCUT2D eigenvalue weighted by molar-refractivity contribution is 0.116. The number of benzene rings is 1. The molecule has 0 spiro atoms. The van der Waals surface area contributed by atoms with E-state index in [9.17, 15) is 19.1 Å². The van der Waals surface area contributed by atoms with E-state index in [1.165, 1.54) is 23.7 Å². The molecule has 0 fully saturated rings. The van der Waals surface area contributed by atoms with Gasteiger partial charge in [0, 0.05) is 26.2 Å². The average molecular weight is 357 g/mol. The van der Waals surface area contributed by atoms with E-state index in [1.54, 1.807) is 19.2 Å². The molecule has 7 heteroatoms. The predicted molar refractivity (Wildman–Crippen MR) is 96.6 cm³/mol. The maximum absolute atomic E-state index is 13.9. The first-order chi connectivity index (χ1) is 12.3. The summed E-state index contributed by atoms with van der Waals surface area (Å²) in [6.07, 6.45) is -0.244. The predicted octanol–water partition coefficient (Wildman–Crippen LogP) is 1.92. The fraction of sp³-hybridized carbons (Fsp3) is 0.368. The highest BCUT2D eigenvalue weighted by Gasteiger charge is 2.32. The Morgan fingerprint density at radius 2 is 1.92 bits per heavy atom. The molecule has 0 saturated carbocycles. The zero-order valence-corrected chi connectivity index (χ0v) is 14.9. The van der Waals surface area contributed by atoms with Crippen molar-refractivity contribution in [1.82, 2.24) is 13.7 Å². The van der Waals surface area contributed by atoms with E-state index in [1.807, 2.05) is 11.5 Å².